The molecule has 1 aliphatic heterocycles. The van der Waals surface area contributed by atoms with Gasteiger partial charge in [0, 0.05) is 29.7 Å². The van der Waals surface area contributed by atoms with Crippen LogP contribution in [0.5, 0.6) is 0 Å². The van der Waals surface area contributed by atoms with Gasteiger partial charge in [0.15, 0.2) is 0 Å². The minimum absolute atomic E-state index is 0.149. The van der Waals surface area contributed by atoms with Crippen LogP contribution in [0, 0.1) is 9.39 Å². The summed E-state index contributed by atoms with van der Waals surface area (Å²) < 4.78 is 14.3. The highest BCUT2D eigenvalue weighted by molar-refractivity contribution is 14.1. The highest BCUT2D eigenvalue weighted by Crippen LogP contribution is 2.24. The molecule has 15 heavy (non-hydrogen) atoms. The molecule has 82 valence electrons. The summed E-state index contributed by atoms with van der Waals surface area (Å²) in [5.41, 5.74) is 1.03. The number of halogens is 2. The van der Waals surface area contributed by atoms with E-state index in [0.717, 1.165) is 35.4 Å². The Morgan fingerprint density at radius 1 is 1.20 bits per heavy atom. The smallest absolute Gasteiger partial charge is 0.125 e. The number of hydrogen-bond acceptors (Lipinski definition) is 2. The molecule has 1 fully saturated rings. The Hall–Kier alpha value is -0.360. The van der Waals surface area contributed by atoms with Crippen molar-refractivity contribution in [2.45, 2.75) is 0 Å². The molecule has 0 unspecified atom stereocenters. The largest absolute Gasteiger partial charge is 0.368 e. The zero-order valence-corrected chi connectivity index (χ0v) is 10.9. The van der Waals surface area contributed by atoms with Gasteiger partial charge in [0.1, 0.15) is 5.82 Å². The molecule has 0 radical (unpaired) electrons. The Balaban J connectivity index is 2.18. The van der Waals surface area contributed by atoms with Crippen LogP contribution in [0.3, 0.4) is 0 Å². The van der Waals surface area contributed by atoms with Crippen LogP contribution >= 0.6 is 22.6 Å². The summed E-state index contributed by atoms with van der Waals surface area (Å²) in [6.07, 6.45) is 0. The molecule has 0 spiro atoms. The lowest BCUT2D eigenvalue weighted by Gasteiger charge is -2.34. The van der Waals surface area contributed by atoms with E-state index in [2.05, 4.69) is 39.4 Å². The average Bonchev–Trinajstić information content (AvgIpc) is 2.23. The second-order valence-corrected chi connectivity index (χ2v) is 5.05. The minimum Gasteiger partial charge on any atom is -0.368 e. The van der Waals surface area contributed by atoms with E-state index in [4.69, 9.17) is 0 Å². The first kappa shape index (κ1) is 11.1. The Bertz CT molecular complexity index is 348. The first-order valence-corrected chi connectivity index (χ1v) is 6.13. The van der Waals surface area contributed by atoms with Gasteiger partial charge < -0.3 is 9.80 Å². The van der Waals surface area contributed by atoms with Crippen molar-refractivity contribution in [2.24, 2.45) is 0 Å². The molecule has 0 saturated carbocycles. The predicted octanol–water partition coefficient (Wildman–Crippen LogP) is 2.18. The predicted molar refractivity (Wildman–Crippen MR) is 68.8 cm³/mol. The monoisotopic (exact) mass is 320 g/mol. The summed E-state index contributed by atoms with van der Waals surface area (Å²) >= 11 is 2.26. The number of hydrogen-bond donors (Lipinski definition) is 0. The topological polar surface area (TPSA) is 6.48 Å². The molecule has 0 bridgehead atoms. The van der Waals surface area contributed by atoms with Gasteiger partial charge in [0.2, 0.25) is 0 Å². The van der Waals surface area contributed by atoms with E-state index in [-0.39, 0.29) is 5.82 Å². The van der Waals surface area contributed by atoms with Crippen LogP contribution in [0.15, 0.2) is 18.2 Å². The van der Waals surface area contributed by atoms with Crippen LogP contribution in [0.2, 0.25) is 0 Å². The van der Waals surface area contributed by atoms with Gasteiger partial charge in [-0.1, -0.05) is 0 Å². The highest BCUT2D eigenvalue weighted by Gasteiger charge is 2.16. The fourth-order valence-electron chi connectivity index (χ4n) is 1.78. The number of benzene rings is 1. The van der Waals surface area contributed by atoms with Crippen molar-refractivity contribution in [3.8, 4) is 0 Å². The third-order valence-corrected chi connectivity index (χ3v) is 3.66. The second-order valence-electron chi connectivity index (χ2n) is 3.89. The zero-order chi connectivity index (χ0) is 10.8. The Morgan fingerprint density at radius 2 is 1.87 bits per heavy atom. The van der Waals surface area contributed by atoms with Crippen LogP contribution in [0.4, 0.5) is 10.1 Å². The first-order valence-electron chi connectivity index (χ1n) is 5.05. The van der Waals surface area contributed by atoms with Crippen molar-refractivity contribution >= 4 is 28.3 Å². The Kier molecular flexibility index (Phi) is 3.45. The number of anilines is 1. The van der Waals surface area contributed by atoms with Gasteiger partial charge >= 0.3 is 0 Å². The second kappa shape index (κ2) is 4.65. The molecule has 1 aromatic rings. The molecule has 2 rings (SSSR count). The maximum atomic E-state index is 13.1. The van der Waals surface area contributed by atoms with Crippen molar-refractivity contribution in [1.82, 2.24) is 4.90 Å². The summed E-state index contributed by atoms with van der Waals surface area (Å²) in [6, 6.07) is 4.98. The summed E-state index contributed by atoms with van der Waals surface area (Å²) in [5, 5.41) is 0. The maximum absolute atomic E-state index is 13.1. The lowest BCUT2D eigenvalue weighted by molar-refractivity contribution is 0.312. The number of rotatable bonds is 1. The number of likely N-dealkylation sites (N-methyl/N-ethyl adjacent to an activating group) is 1. The van der Waals surface area contributed by atoms with E-state index < -0.39 is 0 Å². The third kappa shape index (κ3) is 2.60. The van der Waals surface area contributed by atoms with Crippen LogP contribution in [-0.4, -0.2) is 38.1 Å². The first-order chi connectivity index (χ1) is 7.16. The van der Waals surface area contributed by atoms with Gasteiger partial charge in [0.25, 0.3) is 0 Å². The molecule has 2 nitrogen and oxygen atoms in total. The molecule has 0 amide bonds. The molecule has 1 aromatic carbocycles. The van der Waals surface area contributed by atoms with Crippen LogP contribution in [0.1, 0.15) is 0 Å². The summed E-state index contributed by atoms with van der Waals surface area (Å²) in [6.45, 7) is 4.06. The fraction of sp³-hybridized carbons (Fsp3) is 0.455. The van der Waals surface area contributed by atoms with E-state index in [1.165, 1.54) is 6.07 Å². The standard InChI is InChI=1S/C11H14FIN2/c1-14-4-6-15(7-5-14)11-8-9(12)2-3-10(11)13/h2-3,8H,4-7H2,1H3. The lowest BCUT2D eigenvalue weighted by Crippen LogP contribution is -2.44. The molecule has 1 heterocycles. The number of nitrogens with zero attached hydrogens (tertiary/aromatic N) is 2. The van der Waals surface area contributed by atoms with E-state index in [1.807, 2.05) is 6.07 Å². The molecule has 0 N–H and O–H groups in total. The van der Waals surface area contributed by atoms with Crippen molar-refractivity contribution in [1.29, 1.82) is 0 Å². The van der Waals surface area contributed by atoms with Crippen LogP contribution < -0.4 is 4.90 Å². The summed E-state index contributed by atoms with van der Waals surface area (Å²) in [4.78, 5) is 4.55. The van der Waals surface area contributed by atoms with Gasteiger partial charge in [-0.05, 0) is 47.8 Å². The number of piperazine rings is 1. The molecule has 1 saturated heterocycles. The summed E-state index contributed by atoms with van der Waals surface area (Å²) in [5.74, 6) is -0.149. The molecule has 0 aliphatic carbocycles. The maximum Gasteiger partial charge on any atom is 0.125 e. The van der Waals surface area contributed by atoms with E-state index in [9.17, 15) is 4.39 Å². The van der Waals surface area contributed by atoms with E-state index in [1.54, 1.807) is 6.07 Å². The lowest BCUT2D eigenvalue weighted by atomic mass is 10.2. The van der Waals surface area contributed by atoms with E-state index >= 15 is 0 Å². The fourth-order valence-corrected chi connectivity index (χ4v) is 2.45. The summed E-state index contributed by atoms with van der Waals surface area (Å²) in [7, 11) is 2.12. The minimum atomic E-state index is -0.149. The highest BCUT2D eigenvalue weighted by atomic mass is 127. The van der Waals surface area contributed by atoms with Gasteiger partial charge in [-0.25, -0.2) is 4.39 Å². The molecule has 0 aromatic heterocycles. The van der Waals surface area contributed by atoms with Crippen molar-refractivity contribution in [3.63, 3.8) is 0 Å². The normalized spacial score (nSPS) is 18.2. The van der Waals surface area contributed by atoms with Crippen LogP contribution in [-0.2, 0) is 0 Å². The van der Waals surface area contributed by atoms with Crippen molar-refractivity contribution in [2.75, 3.05) is 38.1 Å². The Morgan fingerprint density at radius 3 is 2.53 bits per heavy atom. The zero-order valence-electron chi connectivity index (χ0n) is 8.71. The molecule has 4 heteroatoms. The average molecular weight is 320 g/mol. The molecule has 0 atom stereocenters. The molecular weight excluding hydrogens is 306 g/mol. The van der Waals surface area contributed by atoms with Crippen molar-refractivity contribution < 1.29 is 4.39 Å². The Labute approximate surface area is 103 Å². The van der Waals surface area contributed by atoms with Crippen molar-refractivity contribution in [3.05, 3.63) is 27.6 Å². The molecular formula is C11H14FIN2. The van der Waals surface area contributed by atoms with Crippen LogP contribution in [0.25, 0.3) is 0 Å². The van der Waals surface area contributed by atoms with Gasteiger partial charge in [0.05, 0.1) is 5.69 Å². The molecule has 1 aliphatic rings. The van der Waals surface area contributed by atoms with Gasteiger partial charge in [-0.2, -0.15) is 0 Å². The van der Waals surface area contributed by atoms with E-state index in [0.29, 0.717) is 0 Å². The SMILES string of the molecule is CN1CCN(c2cc(F)ccc2I)CC1. The third-order valence-electron chi connectivity index (χ3n) is 2.75. The van der Waals surface area contributed by atoms with Gasteiger partial charge in [-0.3, -0.25) is 0 Å². The quantitative estimate of drug-likeness (QED) is 0.732. The van der Waals surface area contributed by atoms with Gasteiger partial charge in [-0.15, -0.1) is 0 Å².